The van der Waals surface area contributed by atoms with Gasteiger partial charge in [-0.05, 0) is 85.6 Å². The fourth-order valence-corrected chi connectivity index (χ4v) is 9.13. The lowest BCUT2D eigenvalue weighted by Crippen LogP contribution is -2.62. The summed E-state index contributed by atoms with van der Waals surface area (Å²) in [4.78, 5) is 36.0. The average Bonchev–Trinajstić information content (AvgIpc) is 3.51. The van der Waals surface area contributed by atoms with Gasteiger partial charge in [0.2, 0.25) is 5.91 Å². The first-order valence-electron chi connectivity index (χ1n) is 19.3. The van der Waals surface area contributed by atoms with Crippen LogP contribution in [-0.4, -0.2) is 85.2 Å². The number of carbonyl (C=O) groups excluding carboxylic acids is 2. The normalized spacial score (nSPS) is 26.7. The van der Waals surface area contributed by atoms with Crippen LogP contribution in [0.1, 0.15) is 68.9 Å². The Labute approximate surface area is 314 Å². The number of aliphatic hydroxyl groups excluding tert-OH is 2. The minimum atomic E-state index is -0.896. The molecule has 286 valence electrons. The Morgan fingerprint density at radius 1 is 1.08 bits per heavy atom. The molecule has 0 spiro atoms. The minimum absolute atomic E-state index is 0.0416. The quantitative estimate of drug-likeness (QED) is 0.173. The van der Waals surface area contributed by atoms with Gasteiger partial charge in [0.25, 0.3) is 5.91 Å². The van der Waals surface area contributed by atoms with Gasteiger partial charge in [-0.15, -0.1) is 0 Å². The monoisotopic (exact) mass is 726 g/mol. The maximum atomic E-state index is 14.3. The number of fused-ring (bicyclic) bond motifs is 2. The molecule has 8 atom stereocenters. The van der Waals surface area contributed by atoms with Crippen molar-refractivity contribution in [3.63, 3.8) is 0 Å². The molecule has 0 unspecified atom stereocenters. The number of nitrogens with one attached hydrogen (secondary N) is 2. The highest BCUT2D eigenvalue weighted by Crippen LogP contribution is 2.61. The van der Waals surface area contributed by atoms with Gasteiger partial charge in [-0.2, -0.15) is 5.06 Å². The van der Waals surface area contributed by atoms with Gasteiger partial charge in [0, 0.05) is 55.0 Å². The van der Waals surface area contributed by atoms with Crippen LogP contribution >= 0.6 is 0 Å². The van der Waals surface area contributed by atoms with Crippen molar-refractivity contribution in [1.82, 2.24) is 15.7 Å². The molecule has 7 rings (SSSR count). The molecule has 0 radical (unpaired) electrons. The summed E-state index contributed by atoms with van der Waals surface area (Å²) in [5.74, 6) is 1.10. The zero-order chi connectivity index (χ0) is 38.0. The number of hydroxylamine groups is 2. The lowest BCUT2D eigenvalue weighted by molar-refractivity contribution is -0.183. The summed E-state index contributed by atoms with van der Waals surface area (Å²) in [5.41, 5.74) is 5.24. The molecule has 3 aliphatic carbocycles. The number of amides is 2. The molecule has 0 aromatic heterocycles. The topological polar surface area (TPSA) is 124 Å². The molecule has 2 bridgehead atoms. The molecule has 53 heavy (non-hydrogen) atoms. The number of anilines is 1. The highest BCUT2D eigenvalue weighted by molar-refractivity contribution is 5.97. The predicted molar refractivity (Wildman–Crippen MR) is 207 cm³/mol. The predicted octanol–water partition coefficient (Wildman–Crippen LogP) is 5.45. The molecule has 3 aromatic rings. The van der Waals surface area contributed by atoms with Gasteiger partial charge in [-0.1, -0.05) is 69.3 Å². The van der Waals surface area contributed by atoms with Crippen molar-refractivity contribution in [3.05, 3.63) is 83.4 Å². The third-order valence-electron chi connectivity index (χ3n) is 12.3. The van der Waals surface area contributed by atoms with Gasteiger partial charge < -0.3 is 30.5 Å². The summed E-state index contributed by atoms with van der Waals surface area (Å²) in [6, 6.07) is 21.0. The molecule has 10 nitrogen and oxygen atoms in total. The minimum Gasteiger partial charge on any atom is -0.493 e. The summed E-state index contributed by atoms with van der Waals surface area (Å²) in [5, 5.41) is 29.4. The van der Waals surface area contributed by atoms with E-state index in [0.29, 0.717) is 42.2 Å². The Morgan fingerprint density at radius 3 is 2.47 bits per heavy atom. The Bertz CT molecular complexity index is 1750. The van der Waals surface area contributed by atoms with E-state index in [1.807, 2.05) is 80.5 Å². The second kappa shape index (κ2) is 16.2. The number of hydrogen-bond acceptors (Lipinski definition) is 8. The number of hydrogen-bond donors (Lipinski definition) is 4. The van der Waals surface area contributed by atoms with Gasteiger partial charge in [0.15, 0.2) is 0 Å². The highest BCUT2D eigenvalue weighted by Gasteiger charge is 2.57. The van der Waals surface area contributed by atoms with Gasteiger partial charge in [-0.25, -0.2) is 0 Å². The van der Waals surface area contributed by atoms with Crippen molar-refractivity contribution < 1.29 is 29.4 Å². The van der Waals surface area contributed by atoms with Crippen molar-refractivity contribution in [2.24, 2.45) is 29.1 Å². The van der Waals surface area contributed by atoms with Gasteiger partial charge in [0.05, 0.1) is 25.9 Å². The fraction of sp³-hybridized carbons (Fsp3) is 0.535. The zero-order valence-corrected chi connectivity index (χ0v) is 32.3. The van der Waals surface area contributed by atoms with E-state index in [4.69, 9.17) is 9.57 Å². The van der Waals surface area contributed by atoms with E-state index in [-0.39, 0.29) is 36.4 Å². The van der Waals surface area contributed by atoms with Crippen molar-refractivity contribution >= 4 is 17.5 Å². The average molecular weight is 727 g/mol. The van der Waals surface area contributed by atoms with Crippen LogP contribution in [0.5, 0.6) is 5.75 Å². The smallest absolute Gasteiger partial charge is 0.251 e. The SMILES string of the molecule is CCOc1c(CN2O[C@@H](CO)[C@H]([C@H](C)O)[C@H]2C(=O)N[C@H]2C[C@H]3C[C@@H]([C@@H]2C)C3(C)C)cccc1-c1cc(C(=O)NCCc2ccccc2)cc(N(C)C)c1. The second-order valence-corrected chi connectivity index (χ2v) is 16.1. The van der Waals surface area contributed by atoms with Gasteiger partial charge >= 0.3 is 0 Å². The molecular formula is C43H58N4O6. The number of rotatable bonds is 14. The summed E-state index contributed by atoms with van der Waals surface area (Å²) < 4.78 is 6.35. The van der Waals surface area contributed by atoms with Crippen LogP contribution < -0.4 is 20.3 Å². The van der Waals surface area contributed by atoms with E-state index >= 15 is 0 Å². The number of benzene rings is 3. The van der Waals surface area contributed by atoms with Crippen molar-refractivity contribution in [2.75, 3.05) is 38.8 Å². The van der Waals surface area contributed by atoms with E-state index in [2.05, 4.69) is 43.5 Å². The van der Waals surface area contributed by atoms with Crippen LogP contribution in [0, 0.1) is 29.1 Å². The third-order valence-corrected chi connectivity index (χ3v) is 12.3. The number of ether oxygens (including phenoxy) is 1. The molecule has 3 aromatic carbocycles. The molecule has 2 amide bonds. The van der Waals surface area contributed by atoms with Crippen LogP contribution in [0.2, 0.25) is 0 Å². The van der Waals surface area contributed by atoms with Crippen LogP contribution in [0.25, 0.3) is 11.1 Å². The Balaban J connectivity index is 1.28. The molecule has 1 saturated heterocycles. The molecule has 4 aliphatic rings. The molecule has 4 fully saturated rings. The first-order chi connectivity index (χ1) is 25.3. The van der Waals surface area contributed by atoms with Crippen LogP contribution in [0.15, 0.2) is 66.7 Å². The molecule has 1 aliphatic heterocycles. The molecule has 4 N–H and O–H groups in total. The first-order valence-corrected chi connectivity index (χ1v) is 19.3. The molecule has 10 heteroatoms. The second-order valence-electron chi connectivity index (χ2n) is 16.1. The summed E-state index contributed by atoms with van der Waals surface area (Å²) >= 11 is 0. The molecule has 3 saturated carbocycles. The van der Waals surface area contributed by atoms with Crippen molar-refractivity contribution in [1.29, 1.82) is 0 Å². The summed E-state index contributed by atoms with van der Waals surface area (Å²) in [7, 11) is 3.89. The van der Waals surface area contributed by atoms with E-state index < -0.39 is 24.2 Å². The van der Waals surface area contributed by atoms with E-state index in [1.54, 1.807) is 12.0 Å². The Morgan fingerprint density at radius 2 is 1.83 bits per heavy atom. The molecule has 1 heterocycles. The first kappa shape index (κ1) is 38.8. The lowest BCUT2D eigenvalue weighted by Gasteiger charge is -2.62. The number of aliphatic hydroxyl groups is 2. The van der Waals surface area contributed by atoms with Gasteiger partial charge in [0.1, 0.15) is 17.9 Å². The maximum Gasteiger partial charge on any atom is 0.251 e. The fourth-order valence-electron chi connectivity index (χ4n) is 9.13. The number of para-hydroxylation sites is 1. The number of carbonyl (C=O) groups is 2. The zero-order valence-electron chi connectivity index (χ0n) is 32.3. The van der Waals surface area contributed by atoms with Crippen LogP contribution in [0.4, 0.5) is 5.69 Å². The Hall–Kier alpha value is -3.96. The standard InChI is InChI=1S/C43H58N4O6/c1-8-52-40-29(15-12-16-34(40)30-19-31(21-33(20-30)46(6)7)41(50)44-18-17-28-13-10-9-11-14-28)24-47-39(38(27(3)49)37(25-48)53-47)42(51)45-36-23-32-22-35(26(36)2)43(32,4)5/h9-16,19-21,26-27,32,35-39,48-49H,8,17-18,22-25H2,1-7H3,(H,44,50)(H,45,51)/t26-,27-,32+,35-,36-,37-,38-,39-/m0/s1. The van der Waals surface area contributed by atoms with E-state index in [1.165, 1.54) is 6.42 Å². The van der Waals surface area contributed by atoms with Gasteiger partial charge in [-0.3, -0.25) is 14.4 Å². The van der Waals surface area contributed by atoms with E-state index in [0.717, 1.165) is 40.8 Å². The van der Waals surface area contributed by atoms with E-state index in [9.17, 15) is 19.8 Å². The number of nitrogens with zero attached hydrogens (tertiary/aromatic N) is 2. The van der Waals surface area contributed by atoms with Crippen molar-refractivity contribution in [2.45, 2.75) is 84.7 Å². The van der Waals surface area contributed by atoms with Crippen LogP contribution in [0.3, 0.4) is 0 Å². The largest absolute Gasteiger partial charge is 0.493 e. The maximum absolute atomic E-state index is 14.3. The summed E-state index contributed by atoms with van der Waals surface area (Å²) in [6.07, 6.45) is 1.22. The lowest BCUT2D eigenvalue weighted by atomic mass is 9.45. The third kappa shape index (κ3) is 7.97. The summed E-state index contributed by atoms with van der Waals surface area (Å²) in [6.45, 7) is 11.2. The Kier molecular flexibility index (Phi) is 11.8. The van der Waals surface area contributed by atoms with Crippen LogP contribution in [-0.2, 0) is 22.6 Å². The molecular weight excluding hydrogens is 668 g/mol. The highest BCUT2D eigenvalue weighted by atomic mass is 16.7. The van der Waals surface area contributed by atoms with Crippen molar-refractivity contribution in [3.8, 4) is 16.9 Å².